The van der Waals surface area contributed by atoms with E-state index in [1.807, 2.05) is 13.0 Å². The number of rotatable bonds is 7. The first-order valence-electron chi connectivity index (χ1n) is 6.79. The summed E-state index contributed by atoms with van der Waals surface area (Å²) in [4.78, 5) is 1.04. The zero-order chi connectivity index (χ0) is 16.2. The van der Waals surface area contributed by atoms with E-state index in [1.165, 1.54) is 11.3 Å². The van der Waals surface area contributed by atoms with Crippen LogP contribution in [0.25, 0.3) is 0 Å². The molecule has 2 aromatic rings. The molecule has 0 bridgehead atoms. The molecule has 0 unspecified atom stereocenters. The van der Waals surface area contributed by atoms with Gasteiger partial charge in [-0.15, -0.1) is 11.3 Å². The maximum absolute atomic E-state index is 12.3. The van der Waals surface area contributed by atoms with Gasteiger partial charge < -0.3 is 9.47 Å². The van der Waals surface area contributed by atoms with E-state index in [9.17, 15) is 8.42 Å². The molecule has 1 heterocycles. The van der Waals surface area contributed by atoms with E-state index in [2.05, 4.69) is 4.72 Å². The largest absolute Gasteiger partial charge is 0.497 e. The molecule has 0 aliphatic heterocycles. The van der Waals surface area contributed by atoms with E-state index in [-0.39, 0.29) is 6.54 Å². The van der Waals surface area contributed by atoms with E-state index in [0.717, 1.165) is 16.9 Å². The molecule has 0 atom stereocenters. The van der Waals surface area contributed by atoms with Crippen LogP contribution in [0.15, 0.2) is 34.5 Å². The predicted molar refractivity (Wildman–Crippen MR) is 87.3 cm³/mol. The third-order valence-electron chi connectivity index (χ3n) is 3.20. The van der Waals surface area contributed by atoms with Gasteiger partial charge in [0, 0.05) is 23.1 Å². The van der Waals surface area contributed by atoms with Gasteiger partial charge in [-0.2, -0.15) is 0 Å². The molecule has 1 N–H and O–H groups in total. The zero-order valence-corrected chi connectivity index (χ0v) is 14.4. The van der Waals surface area contributed by atoms with Gasteiger partial charge in [0.1, 0.15) is 15.7 Å². The quantitative estimate of drug-likeness (QED) is 0.841. The molecule has 5 nitrogen and oxygen atoms in total. The Kier molecular flexibility index (Phi) is 5.44. The predicted octanol–water partition coefficient (Wildman–Crippen LogP) is 2.81. The number of thiophene rings is 1. The molecule has 7 heteroatoms. The van der Waals surface area contributed by atoms with E-state index >= 15 is 0 Å². The van der Waals surface area contributed by atoms with Crippen molar-refractivity contribution in [3.63, 3.8) is 0 Å². The SMILES string of the molecule is CCc1ccc(S(=O)(=O)NCc2ccc(OC)cc2OC)s1. The molecular formula is C15H19NO4S2. The Hall–Kier alpha value is -1.57. The van der Waals surface area contributed by atoms with Gasteiger partial charge in [0.2, 0.25) is 10.0 Å². The minimum atomic E-state index is -3.51. The summed E-state index contributed by atoms with van der Waals surface area (Å²) in [5, 5.41) is 0. The maximum atomic E-state index is 12.3. The van der Waals surface area contributed by atoms with Crippen LogP contribution in [0.4, 0.5) is 0 Å². The van der Waals surface area contributed by atoms with Crippen LogP contribution < -0.4 is 14.2 Å². The molecular weight excluding hydrogens is 322 g/mol. The second kappa shape index (κ2) is 7.13. The molecule has 0 aliphatic rings. The summed E-state index contributed by atoms with van der Waals surface area (Å²) in [5.74, 6) is 1.25. The van der Waals surface area contributed by atoms with Crippen LogP contribution in [-0.2, 0) is 23.0 Å². The summed E-state index contributed by atoms with van der Waals surface area (Å²) in [5.41, 5.74) is 0.749. The first-order chi connectivity index (χ1) is 10.5. The van der Waals surface area contributed by atoms with Crippen LogP contribution in [0.3, 0.4) is 0 Å². The molecule has 0 saturated carbocycles. The van der Waals surface area contributed by atoms with Crippen LogP contribution in [0.1, 0.15) is 17.4 Å². The van der Waals surface area contributed by atoms with Gasteiger partial charge in [-0.1, -0.05) is 13.0 Å². The van der Waals surface area contributed by atoms with Crippen LogP contribution in [-0.4, -0.2) is 22.6 Å². The highest BCUT2D eigenvalue weighted by Crippen LogP contribution is 2.26. The van der Waals surface area contributed by atoms with Crippen molar-refractivity contribution in [3.05, 3.63) is 40.8 Å². The third-order valence-corrected chi connectivity index (χ3v) is 6.32. The van der Waals surface area contributed by atoms with Crippen molar-refractivity contribution < 1.29 is 17.9 Å². The lowest BCUT2D eigenvalue weighted by Crippen LogP contribution is -2.22. The molecule has 0 spiro atoms. The molecule has 2 rings (SSSR count). The number of methoxy groups -OCH3 is 2. The molecule has 0 saturated heterocycles. The fraction of sp³-hybridized carbons (Fsp3) is 0.333. The van der Waals surface area contributed by atoms with Crippen LogP contribution in [0.2, 0.25) is 0 Å². The summed E-state index contributed by atoms with van der Waals surface area (Å²) in [6.07, 6.45) is 0.826. The summed E-state index contributed by atoms with van der Waals surface area (Å²) < 4.78 is 37.9. The van der Waals surface area contributed by atoms with E-state index in [1.54, 1.807) is 38.5 Å². The van der Waals surface area contributed by atoms with E-state index < -0.39 is 10.0 Å². The van der Waals surface area contributed by atoms with Crippen molar-refractivity contribution in [2.24, 2.45) is 0 Å². The Morgan fingerprint density at radius 1 is 1.14 bits per heavy atom. The number of ether oxygens (including phenoxy) is 2. The number of nitrogens with one attached hydrogen (secondary N) is 1. The van der Waals surface area contributed by atoms with Crippen molar-refractivity contribution in [2.45, 2.75) is 24.1 Å². The molecule has 22 heavy (non-hydrogen) atoms. The topological polar surface area (TPSA) is 64.6 Å². The second-order valence-corrected chi connectivity index (χ2v) is 7.74. The average molecular weight is 341 g/mol. The average Bonchev–Trinajstić information content (AvgIpc) is 3.02. The molecule has 1 aromatic carbocycles. The van der Waals surface area contributed by atoms with Crippen molar-refractivity contribution in [1.82, 2.24) is 4.72 Å². The van der Waals surface area contributed by atoms with Gasteiger partial charge in [-0.3, -0.25) is 0 Å². The number of hydrogen-bond acceptors (Lipinski definition) is 5. The molecule has 0 radical (unpaired) electrons. The van der Waals surface area contributed by atoms with Gasteiger partial charge in [-0.05, 0) is 24.6 Å². The summed E-state index contributed by atoms with van der Waals surface area (Å²) in [6, 6.07) is 8.76. The summed E-state index contributed by atoms with van der Waals surface area (Å²) in [7, 11) is -0.397. The lowest BCUT2D eigenvalue weighted by Gasteiger charge is -2.11. The molecule has 0 aliphatic carbocycles. The first-order valence-corrected chi connectivity index (χ1v) is 9.09. The summed E-state index contributed by atoms with van der Waals surface area (Å²) in [6.45, 7) is 2.16. The van der Waals surface area contributed by atoms with Gasteiger partial charge in [0.25, 0.3) is 0 Å². The fourth-order valence-corrected chi connectivity index (χ4v) is 4.28. The smallest absolute Gasteiger partial charge is 0.250 e. The first kappa shape index (κ1) is 16.8. The summed E-state index contributed by atoms with van der Waals surface area (Å²) >= 11 is 1.29. The van der Waals surface area contributed by atoms with E-state index in [0.29, 0.717) is 15.7 Å². The lowest BCUT2D eigenvalue weighted by atomic mass is 10.2. The normalized spacial score (nSPS) is 11.4. The highest BCUT2D eigenvalue weighted by Gasteiger charge is 2.17. The molecule has 120 valence electrons. The van der Waals surface area contributed by atoms with Crippen LogP contribution in [0.5, 0.6) is 11.5 Å². The molecule has 0 amide bonds. The zero-order valence-electron chi connectivity index (χ0n) is 12.8. The van der Waals surface area contributed by atoms with Gasteiger partial charge in [-0.25, -0.2) is 13.1 Å². The third kappa shape index (κ3) is 3.79. The maximum Gasteiger partial charge on any atom is 0.250 e. The van der Waals surface area contributed by atoms with Crippen LogP contribution in [0, 0.1) is 0 Å². The van der Waals surface area contributed by atoms with Gasteiger partial charge >= 0.3 is 0 Å². The lowest BCUT2D eigenvalue weighted by molar-refractivity contribution is 0.390. The Morgan fingerprint density at radius 2 is 1.91 bits per heavy atom. The highest BCUT2D eigenvalue weighted by atomic mass is 32.2. The number of benzene rings is 1. The Labute approximate surface area is 134 Å². The minimum Gasteiger partial charge on any atom is -0.497 e. The number of sulfonamides is 1. The highest BCUT2D eigenvalue weighted by molar-refractivity contribution is 7.91. The fourth-order valence-electron chi connectivity index (χ4n) is 1.93. The molecule has 0 fully saturated rings. The Bertz CT molecular complexity index is 738. The van der Waals surface area contributed by atoms with Crippen molar-refractivity contribution in [2.75, 3.05) is 14.2 Å². The van der Waals surface area contributed by atoms with Crippen LogP contribution >= 0.6 is 11.3 Å². The monoisotopic (exact) mass is 341 g/mol. The minimum absolute atomic E-state index is 0.162. The van der Waals surface area contributed by atoms with E-state index in [4.69, 9.17) is 9.47 Å². The number of aryl methyl sites for hydroxylation is 1. The number of hydrogen-bond donors (Lipinski definition) is 1. The van der Waals surface area contributed by atoms with Crippen molar-refractivity contribution in [3.8, 4) is 11.5 Å². The standard InChI is InChI=1S/C15H19NO4S2/c1-4-13-7-8-15(21-13)22(17,18)16-10-11-5-6-12(19-2)9-14(11)20-3/h5-9,16H,4,10H2,1-3H3. The Balaban J connectivity index is 2.15. The van der Waals surface area contributed by atoms with Gasteiger partial charge in [0.05, 0.1) is 14.2 Å². The molecule has 1 aromatic heterocycles. The van der Waals surface area contributed by atoms with Gasteiger partial charge in [0.15, 0.2) is 0 Å². The van der Waals surface area contributed by atoms with Crippen molar-refractivity contribution >= 4 is 21.4 Å². The Morgan fingerprint density at radius 3 is 2.50 bits per heavy atom. The van der Waals surface area contributed by atoms with Crippen molar-refractivity contribution in [1.29, 1.82) is 0 Å². The second-order valence-electron chi connectivity index (χ2n) is 4.58.